The van der Waals surface area contributed by atoms with Crippen LogP contribution in [0.5, 0.6) is 0 Å². The van der Waals surface area contributed by atoms with Crippen LogP contribution in [0.2, 0.25) is 0 Å². The molecule has 0 spiro atoms. The smallest absolute Gasteiger partial charge is 0.394 e. The molecule has 270 valence electrons. The van der Waals surface area contributed by atoms with Crippen molar-refractivity contribution in [3.05, 3.63) is 47.3 Å². The van der Waals surface area contributed by atoms with Crippen molar-refractivity contribution in [2.75, 3.05) is 18.9 Å². The van der Waals surface area contributed by atoms with Gasteiger partial charge >= 0.3 is 23.5 Å². The second-order valence-electron chi connectivity index (χ2n) is 9.10. The number of aldehydes is 1. The normalized spacial score (nSPS) is 23.7. The van der Waals surface area contributed by atoms with Crippen LogP contribution >= 0.6 is 23.5 Å². The lowest BCUT2D eigenvalue weighted by molar-refractivity contribution is -0.127. The fourth-order valence-corrected chi connectivity index (χ4v) is 6.46. The Morgan fingerprint density at radius 3 is 2.15 bits per heavy atom. The van der Waals surface area contributed by atoms with Gasteiger partial charge in [-0.1, -0.05) is 6.07 Å². The number of phosphoric ester groups is 1. The molecule has 5 unspecified atom stereocenters. The van der Waals surface area contributed by atoms with Crippen LogP contribution in [0, 0.1) is 0 Å². The largest absolute Gasteiger partial charge is 0.490 e. The molecule has 4 heterocycles. The number of aromatic amines is 1. The van der Waals surface area contributed by atoms with E-state index in [0.29, 0.717) is 0 Å². The molecule has 3 aromatic heterocycles. The highest BCUT2D eigenvalue weighted by atomic mass is 31.3. The Kier molecular flexibility index (Phi) is 15.2. The summed E-state index contributed by atoms with van der Waals surface area (Å²) in [5.41, 5.74) is 4.50. The van der Waals surface area contributed by atoms with Crippen molar-refractivity contribution < 1.29 is 86.6 Å². The van der Waals surface area contributed by atoms with Gasteiger partial charge in [0.25, 0.3) is 5.56 Å². The number of H-pyrrole nitrogens is 1. The van der Waals surface area contributed by atoms with Crippen molar-refractivity contribution in [2.45, 2.75) is 42.9 Å². The lowest BCUT2D eigenvalue weighted by Gasteiger charge is -2.19. The summed E-state index contributed by atoms with van der Waals surface area (Å²) in [6.45, 7) is -1.70. The van der Waals surface area contributed by atoms with Gasteiger partial charge in [0.2, 0.25) is 5.95 Å². The Morgan fingerprint density at radius 2 is 1.65 bits per heavy atom. The van der Waals surface area contributed by atoms with E-state index < -0.39 is 85.1 Å². The average molecular weight is 752 g/mol. The van der Waals surface area contributed by atoms with Crippen LogP contribution in [-0.4, -0.2) is 131 Å². The Morgan fingerprint density at radius 1 is 1.02 bits per heavy atom. The van der Waals surface area contributed by atoms with Crippen LogP contribution in [0.15, 0.2) is 41.7 Å². The number of phosphoric acid groups is 3. The molecule has 1 aliphatic rings. The molecule has 25 nitrogen and oxygen atoms in total. The molecule has 4 rings (SSSR count). The minimum atomic E-state index is -5.73. The number of nitrogen functional groups attached to an aromatic ring is 1. The number of anilines is 1. The zero-order valence-corrected chi connectivity index (χ0v) is 26.5. The first-order chi connectivity index (χ1) is 22.2. The number of nitrogens with one attached hydrogen (secondary N) is 1. The van der Waals surface area contributed by atoms with Gasteiger partial charge in [0.15, 0.2) is 23.7 Å². The van der Waals surface area contributed by atoms with Crippen molar-refractivity contribution >= 4 is 46.9 Å². The number of carbonyl (C=O) groups is 1. The molecule has 28 heteroatoms. The van der Waals surface area contributed by atoms with E-state index >= 15 is 0 Å². The third-order valence-corrected chi connectivity index (χ3v) is 9.32. The van der Waals surface area contributed by atoms with Gasteiger partial charge in [0.1, 0.15) is 36.6 Å². The summed E-state index contributed by atoms with van der Waals surface area (Å²) in [4.78, 5) is 70.8. The van der Waals surface area contributed by atoms with Crippen LogP contribution in [0.1, 0.15) is 6.23 Å². The molecule has 0 amide bonds. The first kappa shape index (κ1) is 41.3. The fourth-order valence-electron chi connectivity index (χ4n) is 3.43. The number of carbonyl (C=O) groups excluding carboxylic acids is 1. The number of hydrogen-bond donors (Lipinski definition) is 12. The highest BCUT2D eigenvalue weighted by Crippen LogP contribution is 2.66. The number of nitrogens with two attached hydrogens (primary N) is 1. The Hall–Kier alpha value is -2.90. The molecule has 0 saturated carbocycles. The highest BCUT2D eigenvalue weighted by molar-refractivity contribution is 7.66. The third-order valence-electron chi connectivity index (χ3n) is 5.52. The van der Waals surface area contributed by atoms with E-state index in [-0.39, 0.29) is 23.4 Å². The topological polar surface area (TPSA) is 410 Å². The molecule has 0 aromatic carbocycles. The predicted molar refractivity (Wildman–Crippen MR) is 154 cm³/mol. The second-order valence-corrected chi connectivity index (χ2v) is 13.5. The molecule has 0 bridgehead atoms. The number of ether oxygens (including phenoxy) is 1. The van der Waals surface area contributed by atoms with Gasteiger partial charge in [0, 0.05) is 12.4 Å². The van der Waals surface area contributed by atoms with Gasteiger partial charge in [-0.25, -0.2) is 18.7 Å². The minimum absolute atomic E-state index is 0.0869. The predicted octanol–water partition coefficient (Wildman–Crippen LogP) is -3.99. The lowest BCUT2D eigenvalue weighted by Crippen LogP contribution is -2.40. The summed E-state index contributed by atoms with van der Waals surface area (Å²) < 4.78 is 51.6. The SMILES string of the molecule is Nc1nc2c(ncn2[C@@H]2O[C@H](COP(=O)(O)OP(=O)(O)OP(=O)(O)O)[C@@H](O)[C@H]2O)c(=O)[nH]1.O=CC(O)C(O)C(O)CO.c1ccncc1. The van der Waals surface area contributed by atoms with E-state index in [4.69, 9.17) is 45.6 Å². The van der Waals surface area contributed by atoms with E-state index in [1.807, 2.05) is 18.2 Å². The Bertz CT molecular complexity index is 1650. The summed E-state index contributed by atoms with van der Waals surface area (Å²) in [5, 5.41) is 54.5. The Labute approximate surface area is 267 Å². The lowest BCUT2D eigenvalue weighted by atomic mass is 10.1. The van der Waals surface area contributed by atoms with Crippen molar-refractivity contribution in [1.82, 2.24) is 24.5 Å². The van der Waals surface area contributed by atoms with E-state index in [0.717, 1.165) is 10.9 Å². The fraction of sp³-hybridized carbons (Fsp3) is 0.450. The first-order valence-corrected chi connectivity index (χ1v) is 17.2. The molecular weight excluding hydrogens is 721 g/mol. The summed E-state index contributed by atoms with van der Waals surface area (Å²) in [6, 6.07) is 5.72. The molecule has 48 heavy (non-hydrogen) atoms. The molecule has 9 atom stereocenters. The van der Waals surface area contributed by atoms with Gasteiger partial charge in [-0.3, -0.25) is 23.9 Å². The average Bonchev–Trinajstić information content (AvgIpc) is 3.54. The quantitative estimate of drug-likeness (QED) is 0.0619. The van der Waals surface area contributed by atoms with E-state index in [2.05, 4.69) is 33.1 Å². The Balaban J connectivity index is 0.000000409. The number of aliphatic hydroxyl groups excluding tert-OH is 6. The number of pyridine rings is 1. The van der Waals surface area contributed by atoms with E-state index in [1.165, 1.54) is 0 Å². The maximum Gasteiger partial charge on any atom is 0.490 e. The standard InChI is InChI=1S/C10H16N5O14P3.C5H5N.C5H10O5/c11-10-13-7-4(8(18)14-10)12-2-15(7)9-6(17)5(16)3(27-9)1-26-31(22,23)29-32(24,25)28-30(19,20)21;1-2-4-6-5-3-1;6-1-3(8)5(10)4(9)2-7/h2-3,5-6,9,16-17H,1H2,(H,22,23)(H,24,25)(H2,19,20,21)(H3,11,13,14,18);1-5H;1,3-5,7-10H,2H2/t3-,5-,6-,9-;;/m1../s1. The number of hydrogen-bond acceptors (Lipinski definition) is 19. The van der Waals surface area contributed by atoms with Gasteiger partial charge in [0.05, 0.1) is 19.5 Å². The molecule has 1 aliphatic heterocycles. The molecule has 1 saturated heterocycles. The molecule has 13 N–H and O–H groups in total. The van der Waals surface area contributed by atoms with Gasteiger partial charge in [-0.15, -0.1) is 0 Å². The van der Waals surface area contributed by atoms with Crippen LogP contribution in [0.25, 0.3) is 11.2 Å². The summed E-state index contributed by atoms with van der Waals surface area (Å²) in [6.07, 6.45) is -6.46. The zero-order valence-electron chi connectivity index (χ0n) is 23.9. The molecule has 1 fully saturated rings. The van der Waals surface area contributed by atoms with Gasteiger partial charge < -0.3 is 65.5 Å². The van der Waals surface area contributed by atoms with Crippen LogP contribution in [0.4, 0.5) is 5.95 Å². The van der Waals surface area contributed by atoms with Crippen LogP contribution in [0.3, 0.4) is 0 Å². The van der Waals surface area contributed by atoms with Gasteiger partial charge in [-0.05, 0) is 12.1 Å². The monoisotopic (exact) mass is 752 g/mol. The molecule has 0 aliphatic carbocycles. The molecule has 3 aromatic rings. The highest BCUT2D eigenvalue weighted by Gasteiger charge is 2.47. The third kappa shape index (κ3) is 12.5. The number of aliphatic hydroxyl groups is 6. The van der Waals surface area contributed by atoms with E-state index in [9.17, 15) is 38.4 Å². The van der Waals surface area contributed by atoms with Crippen LogP contribution < -0.4 is 11.3 Å². The maximum atomic E-state index is 11.9. The molecule has 0 radical (unpaired) electrons. The van der Waals surface area contributed by atoms with Crippen molar-refractivity contribution in [1.29, 1.82) is 0 Å². The number of aromatic nitrogens is 5. The van der Waals surface area contributed by atoms with Crippen molar-refractivity contribution in [3.63, 3.8) is 0 Å². The minimum Gasteiger partial charge on any atom is -0.394 e. The summed E-state index contributed by atoms with van der Waals surface area (Å²) in [7, 11) is -16.8. The zero-order chi connectivity index (χ0) is 36.4. The number of rotatable bonds is 12. The summed E-state index contributed by atoms with van der Waals surface area (Å²) >= 11 is 0. The number of imidazole rings is 1. The molecular formula is C20H31N6O19P3. The van der Waals surface area contributed by atoms with Crippen molar-refractivity contribution in [3.8, 4) is 0 Å². The van der Waals surface area contributed by atoms with E-state index in [1.54, 1.807) is 12.4 Å². The maximum absolute atomic E-state index is 11.9. The van der Waals surface area contributed by atoms with Gasteiger partial charge in [-0.2, -0.15) is 13.6 Å². The number of nitrogens with zero attached hydrogens (tertiary/aromatic N) is 4. The second kappa shape index (κ2) is 17.7. The number of fused-ring (bicyclic) bond motifs is 1. The first-order valence-electron chi connectivity index (χ1n) is 12.7. The summed E-state index contributed by atoms with van der Waals surface area (Å²) in [5.74, 6) is -0.276. The van der Waals surface area contributed by atoms with Crippen molar-refractivity contribution in [2.24, 2.45) is 0 Å². The van der Waals surface area contributed by atoms with Crippen LogP contribution in [-0.2, 0) is 36.4 Å².